The van der Waals surface area contributed by atoms with Gasteiger partial charge in [0.25, 0.3) is 0 Å². The lowest BCUT2D eigenvalue weighted by atomic mass is 9.92. The van der Waals surface area contributed by atoms with Gasteiger partial charge in [-0.25, -0.2) is 0 Å². The Morgan fingerprint density at radius 3 is 2.24 bits per heavy atom. The number of hydrogen-bond acceptors (Lipinski definition) is 4. The van der Waals surface area contributed by atoms with Crippen LogP contribution in [-0.4, -0.2) is 30.7 Å². The van der Waals surface area contributed by atoms with E-state index in [9.17, 15) is 9.90 Å². The number of hydrogen-bond donors (Lipinski definition) is 1. The molecular weight excluding hydrogens is 220 g/mol. The zero-order valence-corrected chi connectivity index (χ0v) is 10.8. The van der Waals surface area contributed by atoms with E-state index in [1.165, 1.54) is 21.0 Å². The number of aryl methyl sites for hydroxylation is 1. The van der Waals surface area contributed by atoms with Gasteiger partial charge in [-0.05, 0) is 32.4 Å². The van der Waals surface area contributed by atoms with E-state index in [1.807, 2.05) is 0 Å². The summed E-state index contributed by atoms with van der Waals surface area (Å²) in [6, 6.07) is 3.37. The molecule has 0 amide bonds. The van der Waals surface area contributed by atoms with E-state index in [4.69, 9.17) is 9.47 Å². The van der Waals surface area contributed by atoms with Gasteiger partial charge in [-0.2, -0.15) is 0 Å². The summed E-state index contributed by atoms with van der Waals surface area (Å²) in [7, 11) is 3.03. The Morgan fingerprint density at radius 2 is 1.82 bits per heavy atom. The average Bonchev–Trinajstić information content (AvgIpc) is 2.25. The van der Waals surface area contributed by atoms with Gasteiger partial charge in [0.05, 0.1) is 19.8 Å². The summed E-state index contributed by atoms with van der Waals surface area (Å²) in [5.74, 6) is 0.662. The summed E-state index contributed by atoms with van der Waals surface area (Å²) in [4.78, 5) is 12.1. The third-order valence-corrected chi connectivity index (χ3v) is 2.51. The first-order chi connectivity index (χ1) is 7.81. The zero-order valence-electron chi connectivity index (χ0n) is 10.8. The van der Waals surface area contributed by atoms with Crippen molar-refractivity contribution in [2.24, 2.45) is 0 Å². The van der Waals surface area contributed by atoms with Gasteiger partial charge in [0.2, 0.25) is 0 Å². The van der Waals surface area contributed by atoms with Crippen molar-refractivity contribution in [3.05, 3.63) is 23.3 Å². The third kappa shape index (κ3) is 2.77. The Labute approximate surface area is 101 Å². The van der Waals surface area contributed by atoms with Gasteiger partial charge in [0.15, 0.2) is 5.78 Å². The SMILES string of the molecule is COc1cc(C)c(C(=O)C(C)(C)O)c(OC)c1. The molecule has 94 valence electrons. The summed E-state index contributed by atoms with van der Waals surface area (Å²) in [5.41, 5.74) is -0.318. The van der Waals surface area contributed by atoms with Gasteiger partial charge in [-0.15, -0.1) is 0 Å². The maximum Gasteiger partial charge on any atom is 0.197 e. The van der Waals surface area contributed by atoms with Crippen LogP contribution in [0.4, 0.5) is 0 Å². The van der Waals surface area contributed by atoms with E-state index >= 15 is 0 Å². The van der Waals surface area contributed by atoms with Gasteiger partial charge >= 0.3 is 0 Å². The lowest BCUT2D eigenvalue weighted by molar-refractivity contribution is 0.0484. The molecule has 0 saturated heterocycles. The minimum Gasteiger partial charge on any atom is -0.497 e. The van der Waals surface area contributed by atoms with Crippen LogP contribution >= 0.6 is 0 Å². The van der Waals surface area contributed by atoms with Gasteiger partial charge in [0, 0.05) is 6.07 Å². The first-order valence-electron chi connectivity index (χ1n) is 5.31. The Bertz CT molecular complexity index is 430. The van der Waals surface area contributed by atoms with Crippen molar-refractivity contribution in [1.82, 2.24) is 0 Å². The molecule has 1 aromatic carbocycles. The highest BCUT2D eigenvalue weighted by molar-refractivity contribution is 6.05. The smallest absolute Gasteiger partial charge is 0.197 e. The number of ether oxygens (including phenoxy) is 2. The molecule has 0 fully saturated rings. The van der Waals surface area contributed by atoms with Crippen LogP contribution < -0.4 is 9.47 Å². The molecule has 0 aliphatic heterocycles. The van der Waals surface area contributed by atoms with Crippen molar-refractivity contribution in [3.8, 4) is 11.5 Å². The number of carbonyl (C=O) groups excluding carboxylic acids is 1. The summed E-state index contributed by atoms with van der Waals surface area (Å²) in [5, 5.41) is 9.77. The fourth-order valence-corrected chi connectivity index (χ4v) is 1.60. The van der Waals surface area contributed by atoms with Gasteiger partial charge in [-0.1, -0.05) is 0 Å². The minimum absolute atomic E-state index is 0.366. The molecule has 0 bridgehead atoms. The molecule has 1 N–H and O–H groups in total. The minimum atomic E-state index is -1.42. The molecular formula is C13H18O4. The van der Waals surface area contributed by atoms with Crippen molar-refractivity contribution in [2.75, 3.05) is 14.2 Å². The Kier molecular flexibility index (Phi) is 3.78. The second kappa shape index (κ2) is 4.75. The number of rotatable bonds is 4. The molecule has 0 spiro atoms. The highest BCUT2D eigenvalue weighted by Gasteiger charge is 2.29. The molecule has 0 saturated carbocycles. The third-order valence-electron chi connectivity index (χ3n) is 2.51. The lowest BCUT2D eigenvalue weighted by Gasteiger charge is -2.19. The first kappa shape index (κ1) is 13.5. The van der Waals surface area contributed by atoms with Crippen LogP contribution in [0.15, 0.2) is 12.1 Å². The van der Waals surface area contributed by atoms with Crippen LogP contribution in [0.3, 0.4) is 0 Å². The molecule has 0 aromatic heterocycles. The molecule has 0 radical (unpaired) electrons. The summed E-state index contributed by atoms with van der Waals surface area (Å²) in [6.07, 6.45) is 0. The quantitative estimate of drug-likeness (QED) is 0.815. The normalized spacial score (nSPS) is 11.2. The predicted octanol–water partition coefficient (Wildman–Crippen LogP) is 1.97. The number of aliphatic hydroxyl groups is 1. The zero-order chi connectivity index (χ0) is 13.2. The van der Waals surface area contributed by atoms with E-state index in [0.29, 0.717) is 22.6 Å². The van der Waals surface area contributed by atoms with E-state index in [-0.39, 0.29) is 5.78 Å². The lowest BCUT2D eigenvalue weighted by Crippen LogP contribution is -2.32. The van der Waals surface area contributed by atoms with Gasteiger partial charge in [-0.3, -0.25) is 4.79 Å². The first-order valence-corrected chi connectivity index (χ1v) is 5.31. The topological polar surface area (TPSA) is 55.8 Å². The number of carbonyl (C=O) groups is 1. The number of Topliss-reactive ketones (excluding diaryl/α,β-unsaturated/α-hetero) is 1. The molecule has 0 heterocycles. The Balaban J connectivity index is 3.38. The molecule has 4 heteroatoms. The van der Waals surface area contributed by atoms with E-state index in [2.05, 4.69) is 0 Å². The number of ketones is 1. The van der Waals surface area contributed by atoms with Crippen molar-refractivity contribution in [3.63, 3.8) is 0 Å². The molecule has 0 aliphatic carbocycles. The predicted molar refractivity (Wildman–Crippen MR) is 64.9 cm³/mol. The van der Waals surface area contributed by atoms with Crippen molar-refractivity contribution < 1.29 is 19.4 Å². The largest absolute Gasteiger partial charge is 0.497 e. The van der Waals surface area contributed by atoms with E-state index < -0.39 is 5.60 Å². The van der Waals surface area contributed by atoms with Gasteiger partial charge in [0.1, 0.15) is 17.1 Å². The van der Waals surface area contributed by atoms with Crippen molar-refractivity contribution in [1.29, 1.82) is 0 Å². The number of benzene rings is 1. The Hall–Kier alpha value is -1.55. The highest BCUT2D eigenvalue weighted by atomic mass is 16.5. The molecule has 0 unspecified atom stereocenters. The van der Waals surface area contributed by atoms with Crippen LogP contribution in [0.25, 0.3) is 0 Å². The molecule has 0 atom stereocenters. The fourth-order valence-electron chi connectivity index (χ4n) is 1.60. The standard InChI is InChI=1S/C13H18O4/c1-8-6-9(16-4)7-10(17-5)11(8)12(14)13(2,3)15/h6-7,15H,1-5H3. The molecule has 17 heavy (non-hydrogen) atoms. The maximum absolute atomic E-state index is 12.1. The van der Waals surface area contributed by atoms with Crippen LogP contribution in [0.1, 0.15) is 29.8 Å². The van der Waals surface area contributed by atoms with Crippen LogP contribution in [0.2, 0.25) is 0 Å². The van der Waals surface area contributed by atoms with Crippen LogP contribution in [0.5, 0.6) is 11.5 Å². The molecule has 4 nitrogen and oxygen atoms in total. The maximum atomic E-state index is 12.1. The van der Waals surface area contributed by atoms with E-state index in [1.54, 1.807) is 26.2 Å². The van der Waals surface area contributed by atoms with E-state index in [0.717, 1.165) is 0 Å². The average molecular weight is 238 g/mol. The molecule has 0 aliphatic rings. The summed E-state index contributed by atoms with van der Waals surface area (Å²) >= 11 is 0. The monoisotopic (exact) mass is 238 g/mol. The second-order valence-corrected chi connectivity index (χ2v) is 4.41. The fraction of sp³-hybridized carbons (Fsp3) is 0.462. The Morgan fingerprint density at radius 1 is 1.24 bits per heavy atom. The molecule has 1 aromatic rings. The summed E-state index contributed by atoms with van der Waals surface area (Å²) < 4.78 is 10.3. The second-order valence-electron chi connectivity index (χ2n) is 4.41. The van der Waals surface area contributed by atoms with Crippen LogP contribution in [0, 0.1) is 6.92 Å². The van der Waals surface area contributed by atoms with Crippen molar-refractivity contribution in [2.45, 2.75) is 26.4 Å². The number of methoxy groups -OCH3 is 2. The van der Waals surface area contributed by atoms with Crippen LogP contribution in [-0.2, 0) is 0 Å². The highest BCUT2D eigenvalue weighted by Crippen LogP contribution is 2.31. The summed E-state index contributed by atoms with van der Waals surface area (Å²) in [6.45, 7) is 4.70. The van der Waals surface area contributed by atoms with Gasteiger partial charge < -0.3 is 14.6 Å². The van der Waals surface area contributed by atoms with Crippen molar-refractivity contribution >= 4 is 5.78 Å². The molecule has 1 rings (SSSR count).